The van der Waals surface area contributed by atoms with Crippen molar-refractivity contribution < 1.29 is 28.8 Å². The molecule has 3 aromatic rings. The number of nitrogens with zero attached hydrogens (tertiary/aromatic N) is 1. The number of nitrogens with one attached hydrogen (secondary N) is 4. The quantitative estimate of drug-likeness (QED) is 0.366. The number of fused-ring (bicyclic) bond motifs is 3. The smallest absolute Gasteiger partial charge is 0.287 e. The van der Waals surface area contributed by atoms with Crippen LogP contribution in [0.1, 0.15) is 39.3 Å². The van der Waals surface area contributed by atoms with E-state index < -0.39 is 6.04 Å². The fourth-order valence-corrected chi connectivity index (χ4v) is 5.57. The van der Waals surface area contributed by atoms with Gasteiger partial charge in [0.15, 0.2) is 30.0 Å². The first kappa shape index (κ1) is 22.1. The molecular weight excluding hydrogens is 466 g/mol. The Morgan fingerprint density at radius 1 is 1.17 bits per heavy atom. The number of H-pyrrole nitrogens is 1. The second kappa shape index (κ2) is 8.36. The third kappa shape index (κ3) is 3.30. The van der Waals surface area contributed by atoms with Gasteiger partial charge in [0, 0.05) is 24.2 Å². The number of rotatable bonds is 5. The van der Waals surface area contributed by atoms with Gasteiger partial charge < -0.3 is 39.7 Å². The Labute approximate surface area is 206 Å². The number of anilines is 1. The van der Waals surface area contributed by atoms with Crippen molar-refractivity contribution in [2.45, 2.75) is 12.0 Å². The molecule has 186 valence electrons. The number of amides is 1. The van der Waals surface area contributed by atoms with Crippen molar-refractivity contribution in [3.8, 4) is 23.0 Å². The second-order valence-electron chi connectivity index (χ2n) is 8.95. The number of hydrogen-bond acceptors (Lipinski definition) is 9. The molecule has 1 amide bonds. The van der Waals surface area contributed by atoms with Gasteiger partial charge in [-0.15, -0.1) is 0 Å². The highest BCUT2D eigenvalue weighted by molar-refractivity contribution is 5.91. The molecule has 0 radical (unpaired) electrons. The van der Waals surface area contributed by atoms with Crippen LogP contribution in [0.15, 0.2) is 36.7 Å². The lowest BCUT2D eigenvalue weighted by atomic mass is 9.65. The van der Waals surface area contributed by atoms with Crippen molar-refractivity contribution in [3.05, 3.63) is 59.2 Å². The second-order valence-corrected chi connectivity index (χ2v) is 8.95. The number of aromatic hydroxyl groups is 1. The Hall–Kier alpha value is -4.41. The molecule has 1 fully saturated rings. The van der Waals surface area contributed by atoms with Gasteiger partial charge in [-0.2, -0.15) is 0 Å². The molecule has 1 aliphatic carbocycles. The summed E-state index contributed by atoms with van der Waals surface area (Å²) in [5, 5.41) is 25.5. The van der Waals surface area contributed by atoms with Crippen molar-refractivity contribution in [2.24, 2.45) is 11.8 Å². The molecule has 2 aliphatic heterocycles. The molecule has 0 spiro atoms. The largest absolute Gasteiger partial charge is 0.502 e. The number of phenolic OH excluding ortho intramolecular Hbond substituents is 1. The highest BCUT2D eigenvalue weighted by atomic mass is 16.5. The molecule has 4 atom stereocenters. The van der Waals surface area contributed by atoms with Gasteiger partial charge in [0.25, 0.3) is 5.91 Å². The third-order valence-corrected chi connectivity index (χ3v) is 7.19. The number of ether oxygens (including phenoxy) is 4. The molecule has 2 aromatic carbocycles. The number of aromatic amines is 1. The summed E-state index contributed by atoms with van der Waals surface area (Å²) >= 11 is 0. The molecule has 3 heterocycles. The normalized spacial score (nSPS) is 23.4. The molecule has 0 bridgehead atoms. The monoisotopic (exact) mass is 491 g/mol. The molecule has 11 heteroatoms. The molecule has 6 rings (SSSR count). The van der Waals surface area contributed by atoms with Crippen LogP contribution in [0.25, 0.3) is 0 Å². The van der Waals surface area contributed by atoms with Crippen LogP contribution in [0.4, 0.5) is 5.69 Å². The average Bonchev–Trinajstić information content (AvgIpc) is 3.65. The predicted octanol–water partition coefficient (Wildman–Crippen LogP) is 2.75. The summed E-state index contributed by atoms with van der Waals surface area (Å²) in [5.74, 6) is 0.199. The Morgan fingerprint density at radius 2 is 1.94 bits per heavy atom. The lowest BCUT2D eigenvalue weighted by molar-refractivity contribution is 0.0895. The number of imidazole rings is 1. The zero-order chi connectivity index (χ0) is 25.0. The number of aromatic nitrogens is 2. The Balaban J connectivity index is 1.54. The first-order valence-electron chi connectivity index (χ1n) is 11.5. The third-order valence-electron chi connectivity index (χ3n) is 7.19. The average molecular weight is 492 g/mol. The lowest BCUT2D eigenvalue weighted by Gasteiger charge is -2.40. The fraction of sp³-hybridized carbons (Fsp3) is 0.320. The van der Waals surface area contributed by atoms with Crippen LogP contribution in [0.3, 0.4) is 0 Å². The van der Waals surface area contributed by atoms with E-state index in [1.54, 1.807) is 18.3 Å². The van der Waals surface area contributed by atoms with Crippen LogP contribution in [-0.4, -0.2) is 54.4 Å². The maximum Gasteiger partial charge on any atom is 0.287 e. The zero-order valence-corrected chi connectivity index (χ0v) is 19.6. The van der Waals surface area contributed by atoms with Gasteiger partial charge in [0.05, 0.1) is 38.5 Å². The minimum Gasteiger partial charge on any atom is -0.502 e. The van der Waals surface area contributed by atoms with Crippen molar-refractivity contribution in [1.82, 2.24) is 15.3 Å². The van der Waals surface area contributed by atoms with E-state index in [0.29, 0.717) is 12.5 Å². The van der Waals surface area contributed by atoms with Gasteiger partial charge in [-0.05, 0) is 41.0 Å². The van der Waals surface area contributed by atoms with Crippen LogP contribution in [0.5, 0.6) is 23.0 Å². The maximum atomic E-state index is 13.0. The first-order chi connectivity index (χ1) is 17.5. The number of phenols is 1. The number of carbonyl (C=O) groups excluding carboxylic acids is 1. The van der Waals surface area contributed by atoms with E-state index in [9.17, 15) is 9.90 Å². The zero-order valence-electron chi connectivity index (χ0n) is 19.6. The summed E-state index contributed by atoms with van der Waals surface area (Å²) in [5.41, 5.74) is 3.40. The summed E-state index contributed by atoms with van der Waals surface area (Å²) in [6, 6.07) is 7.01. The lowest BCUT2D eigenvalue weighted by Crippen LogP contribution is -2.43. The van der Waals surface area contributed by atoms with Crippen molar-refractivity contribution >= 4 is 17.5 Å². The van der Waals surface area contributed by atoms with E-state index in [2.05, 4.69) is 20.6 Å². The van der Waals surface area contributed by atoms with Crippen LogP contribution < -0.4 is 24.8 Å². The number of benzene rings is 2. The minimum atomic E-state index is -0.447. The van der Waals surface area contributed by atoms with E-state index in [-0.39, 0.29) is 59.2 Å². The highest BCUT2D eigenvalue weighted by Crippen LogP contribution is 2.55. The van der Waals surface area contributed by atoms with Crippen LogP contribution in [-0.2, 0) is 4.74 Å². The van der Waals surface area contributed by atoms with E-state index in [1.165, 1.54) is 20.4 Å². The molecule has 3 aliphatic rings. The van der Waals surface area contributed by atoms with E-state index >= 15 is 0 Å². The molecule has 11 nitrogen and oxygen atoms in total. The summed E-state index contributed by atoms with van der Waals surface area (Å²) in [6.07, 6.45) is 3.11. The van der Waals surface area contributed by atoms with Gasteiger partial charge in [0.2, 0.25) is 5.75 Å². The summed E-state index contributed by atoms with van der Waals surface area (Å²) < 4.78 is 22.4. The topological polar surface area (TPSA) is 151 Å². The van der Waals surface area contributed by atoms with Gasteiger partial charge in [-0.1, -0.05) is 0 Å². The SMILES string of the molecule is COc1cc([C@@H]2c3cc4c(cc3[C@@H](NC(=O)c3ncc[nH]3)[C@H]3COC(=N)[C@H]23)OCN4)cc(OC)c1O. The number of carbonyl (C=O) groups is 1. The summed E-state index contributed by atoms with van der Waals surface area (Å²) in [6.45, 7) is 0.615. The molecule has 0 unspecified atom stereocenters. The Morgan fingerprint density at radius 3 is 2.64 bits per heavy atom. The summed E-state index contributed by atoms with van der Waals surface area (Å²) in [7, 11) is 2.95. The van der Waals surface area contributed by atoms with Gasteiger partial charge >= 0.3 is 0 Å². The van der Waals surface area contributed by atoms with Gasteiger partial charge in [0.1, 0.15) is 5.75 Å². The van der Waals surface area contributed by atoms with Crippen molar-refractivity contribution in [1.29, 1.82) is 5.41 Å². The Kier molecular flexibility index (Phi) is 5.13. The van der Waals surface area contributed by atoms with E-state index in [4.69, 9.17) is 24.4 Å². The van der Waals surface area contributed by atoms with Crippen LogP contribution >= 0.6 is 0 Å². The summed E-state index contributed by atoms with van der Waals surface area (Å²) in [4.78, 5) is 20.0. The molecule has 36 heavy (non-hydrogen) atoms. The van der Waals surface area contributed by atoms with Crippen molar-refractivity contribution in [2.75, 3.05) is 32.9 Å². The molecule has 1 saturated heterocycles. The van der Waals surface area contributed by atoms with Crippen LogP contribution in [0, 0.1) is 17.2 Å². The fourth-order valence-electron chi connectivity index (χ4n) is 5.57. The maximum absolute atomic E-state index is 13.0. The standard InChI is InChI=1S/C25H25N5O6/c1-33-17-5-11(6-18(34-2)22(17)31)19-12-7-15-16(36-10-29-15)8-13(12)21(14-9-35-23(26)20(14)19)30-25(32)24-27-3-4-28-24/h3-8,14,19-21,26,29,31H,9-10H2,1-2H3,(H,27,28)(H,30,32)/t14-,19+,20-,21+/m0/s1. The predicted molar refractivity (Wildman–Crippen MR) is 128 cm³/mol. The molecule has 5 N–H and O–H groups in total. The highest BCUT2D eigenvalue weighted by Gasteiger charge is 2.51. The molecular formula is C25H25N5O6. The van der Waals surface area contributed by atoms with Gasteiger partial charge in [-0.3, -0.25) is 10.2 Å². The van der Waals surface area contributed by atoms with E-state index in [1.807, 2.05) is 12.1 Å². The van der Waals surface area contributed by atoms with Crippen molar-refractivity contribution in [3.63, 3.8) is 0 Å². The van der Waals surface area contributed by atoms with E-state index in [0.717, 1.165) is 22.4 Å². The first-order valence-corrected chi connectivity index (χ1v) is 11.5. The minimum absolute atomic E-state index is 0.0957. The number of hydrogen-bond donors (Lipinski definition) is 5. The van der Waals surface area contributed by atoms with Crippen LogP contribution in [0.2, 0.25) is 0 Å². The molecule has 0 saturated carbocycles. The van der Waals surface area contributed by atoms with Gasteiger partial charge in [-0.25, -0.2) is 4.98 Å². The Bertz CT molecular complexity index is 1330. The number of methoxy groups -OCH3 is 2. The molecule has 1 aromatic heterocycles.